The minimum absolute atomic E-state index is 0.0745. The van der Waals surface area contributed by atoms with Crippen molar-refractivity contribution in [3.05, 3.63) is 47.1 Å². The normalized spacial score (nSPS) is 24.0. The monoisotopic (exact) mass is 676 g/mol. The number of anilines is 2. The van der Waals surface area contributed by atoms with Gasteiger partial charge in [-0.3, -0.25) is 4.79 Å². The maximum atomic E-state index is 15.7. The maximum absolute atomic E-state index is 15.7. The van der Waals surface area contributed by atoms with E-state index in [-0.39, 0.29) is 97.7 Å². The highest BCUT2D eigenvalue weighted by atomic mass is 35.5. The van der Waals surface area contributed by atoms with Gasteiger partial charge in [0.2, 0.25) is 15.9 Å². The van der Waals surface area contributed by atoms with E-state index < -0.39 is 40.9 Å². The number of aliphatic hydroxyl groups is 1. The van der Waals surface area contributed by atoms with Crippen LogP contribution in [0, 0.1) is 5.92 Å². The molecule has 1 amide bonds. The molecule has 2 aliphatic heterocycles. The zero-order chi connectivity index (χ0) is 32.6. The lowest BCUT2D eigenvalue weighted by atomic mass is 9.80. The summed E-state index contributed by atoms with van der Waals surface area (Å²) < 4.78 is 86.1. The number of nitrogens with one attached hydrogen (secondary N) is 1. The molecule has 1 aromatic carbocycles. The molecule has 0 unspecified atom stereocenters. The third-order valence-corrected chi connectivity index (χ3v) is 10.9. The zero-order valence-electron chi connectivity index (χ0n) is 24.5. The van der Waals surface area contributed by atoms with Crippen LogP contribution in [0.2, 0.25) is 5.15 Å². The fourth-order valence-electron chi connectivity index (χ4n) is 6.17. The second-order valence-electron chi connectivity index (χ2n) is 12.0. The predicted octanol–water partition coefficient (Wildman–Crippen LogP) is 3.18. The van der Waals surface area contributed by atoms with Gasteiger partial charge in [0.05, 0.1) is 11.4 Å². The largest absolute Gasteiger partial charge is 0.390 e. The number of aliphatic hydroxyl groups excluding tert-OH is 1. The molecule has 10 nitrogen and oxygen atoms in total. The molecule has 16 heteroatoms. The Kier molecular flexibility index (Phi) is 9.97. The highest BCUT2D eigenvalue weighted by molar-refractivity contribution is 7.89. The van der Waals surface area contributed by atoms with Crippen molar-refractivity contribution in [1.82, 2.24) is 14.6 Å². The summed E-state index contributed by atoms with van der Waals surface area (Å²) in [4.78, 5) is 19.7. The van der Waals surface area contributed by atoms with Crippen LogP contribution in [0.3, 0.4) is 0 Å². The van der Waals surface area contributed by atoms with Crippen molar-refractivity contribution in [2.75, 3.05) is 55.7 Å². The van der Waals surface area contributed by atoms with E-state index in [4.69, 9.17) is 22.4 Å². The molecule has 4 N–H and O–H groups in total. The molecule has 3 fully saturated rings. The smallest absolute Gasteiger partial charge is 0.282 e. The summed E-state index contributed by atoms with van der Waals surface area (Å²) in [6, 6.07) is 7.87. The number of pyridine rings is 1. The third kappa shape index (κ3) is 7.54. The zero-order valence-corrected chi connectivity index (χ0v) is 26.1. The van der Waals surface area contributed by atoms with Gasteiger partial charge in [0, 0.05) is 68.4 Å². The first kappa shape index (κ1) is 33.8. The van der Waals surface area contributed by atoms with Gasteiger partial charge in [0.25, 0.3) is 11.8 Å². The first-order valence-electron chi connectivity index (χ1n) is 14.9. The van der Waals surface area contributed by atoms with Crippen LogP contribution in [0.25, 0.3) is 0 Å². The predicted molar refractivity (Wildman–Crippen MR) is 161 cm³/mol. The number of nitrogens with two attached hydrogens (primary N) is 1. The second kappa shape index (κ2) is 13.3. The van der Waals surface area contributed by atoms with Gasteiger partial charge in [-0.05, 0) is 62.1 Å². The van der Waals surface area contributed by atoms with Crippen LogP contribution in [0.15, 0.2) is 41.3 Å². The van der Waals surface area contributed by atoms with Crippen LogP contribution in [-0.2, 0) is 20.7 Å². The Morgan fingerprint density at radius 3 is 2.24 bits per heavy atom. The second-order valence-corrected chi connectivity index (χ2v) is 14.3. The van der Waals surface area contributed by atoms with Gasteiger partial charge in [-0.2, -0.15) is 4.31 Å². The Hall–Kier alpha value is -2.56. The molecule has 2 saturated heterocycles. The summed E-state index contributed by atoms with van der Waals surface area (Å²) in [7, 11) is -3.85. The lowest BCUT2D eigenvalue weighted by molar-refractivity contribution is -0.117. The van der Waals surface area contributed by atoms with Crippen molar-refractivity contribution in [3.63, 3.8) is 0 Å². The fraction of sp³-hybridized carbons (Fsp3) is 0.586. The molecule has 1 aromatic heterocycles. The van der Waals surface area contributed by atoms with E-state index in [1.165, 1.54) is 27.4 Å². The van der Waals surface area contributed by atoms with Crippen LogP contribution in [-0.4, -0.2) is 92.6 Å². The number of halogens is 5. The molecule has 1 saturated carbocycles. The summed E-state index contributed by atoms with van der Waals surface area (Å²) in [5, 5.41) is 11.3. The fourth-order valence-corrected chi connectivity index (χ4v) is 7.80. The van der Waals surface area contributed by atoms with Crippen LogP contribution in [0.1, 0.15) is 37.7 Å². The van der Waals surface area contributed by atoms with Crippen LogP contribution < -0.4 is 20.9 Å². The van der Waals surface area contributed by atoms with Crippen molar-refractivity contribution in [3.8, 4) is 0 Å². The van der Waals surface area contributed by atoms with Crippen molar-refractivity contribution < 1.29 is 35.9 Å². The Bertz CT molecular complexity index is 1470. The van der Waals surface area contributed by atoms with Crippen LogP contribution in [0.4, 0.5) is 29.1 Å². The number of sulfonamides is 1. The molecule has 1 atom stereocenters. The van der Waals surface area contributed by atoms with Gasteiger partial charge in [0.15, 0.2) is 0 Å². The molecule has 5 rings (SSSR count). The van der Waals surface area contributed by atoms with E-state index in [1.807, 2.05) is 0 Å². The molecule has 0 spiro atoms. The van der Waals surface area contributed by atoms with Crippen LogP contribution in [0.5, 0.6) is 0 Å². The number of carbonyl (C=O) groups is 1. The number of piperazine rings is 1. The van der Waals surface area contributed by atoms with E-state index >= 15 is 8.78 Å². The van der Waals surface area contributed by atoms with E-state index in [9.17, 15) is 22.0 Å². The minimum atomic E-state index is -3.85. The molecule has 3 aliphatic rings. The Morgan fingerprint density at radius 2 is 1.67 bits per heavy atom. The average molecular weight is 677 g/mol. The van der Waals surface area contributed by atoms with Crippen molar-refractivity contribution in [2.45, 2.75) is 60.9 Å². The molecule has 0 radical (unpaired) electrons. The number of alkyl halides is 4. The number of hydrogen-bond acceptors (Lipinski definition) is 8. The first-order valence-corrected chi connectivity index (χ1v) is 16.7. The quantitative estimate of drug-likeness (QED) is 0.258. The van der Waals surface area contributed by atoms with Gasteiger partial charge in [-0.15, -0.1) is 0 Å². The van der Waals surface area contributed by atoms with Crippen molar-refractivity contribution in [2.24, 2.45) is 11.7 Å². The maximum Gasteiger partial charge on any atom is 0.282 e. The summed E-state index contributed by atoms with van der Waals surface area (Å²) in [6.07, 6.45) is 1.05. The molecule has 1 aliphatic carbocycles. The average Bonchev–Trinajstić information content (AvgIpc) is 3.37. The molecule has 248 valence electrons. The number of aromatic nitrogens is 1. The SMILES string of the molecule is N[C@@H]1CC(=O)N(c2ccc(S(=O)(=O)N3CCN(c4cc(C(F)(F)C5CCC(NCC(F)(F)CO)CC5)cc(Cl)n4)CC3)cc2)C1. The lowest BCUT2D eigenvalue weighted by Crippen LogP contribution is -2.49. The number of amides is 1. The number of nitrogens with zero attached hydrogens (tertiary/aromatic N) is 4. The molecular formula is C29H37ClF4N6O4S. The van der Waals surface area contributed by atoms with Crippen molar-refractivity contribution >= 4 is 39.0 Å². The Balaban J connectivity index is 1.20. The number of carbonyl (C=O) groups excluding carboxylic acids is 1. The number of benzene rings is 1. The van der Waals surface area contributed by atoms with Crippen LogP contribution >= 0.6 is 11.6 Å². The molecule has 45 heavy (non-hydrogen) atoms. The Labute approximate surface area is 264 Å². The lowest BCUT2D eigenvalue weighted by Gasteiger charge is -2.36. The van der Waals surface area contributed by atoms with Gasteiger partial charge >= 0.3 is 0 Å². The summed E-state index contributed by atoms with van der Waals surface area (Å²) in [5.41, 5.74) is 6.13. The standard InChI is InChI=1S/C29H37ClF4N6O4S/c30-25-13-20(29(33,34)19-1-3-22(4-2-19)36-17-28(31,32)18-41)14-26(37-25)38-9-11-39(12-10-38)45(43,44)24-7-5-23(6-8-24)40-16-21(35)15-27(40)42/h5-8,13-14,19,21-22,36,41H,1-4,9-12,15-18,35H2/t19?,21-,22?/m1/s1. The molecule has 3 heterocycles. The topological polar surface area (TPSA) is 132 Å². The van der Waals surface area contributed by atoms with E-state index in [0.29, 0.717) is 12.2 Å². The summed E-state index contributed by atoms with van der Waals surface area (Å²) >= 11 is 6.18. The number of hydrogen-bond donors (Lipinski definition) is 3. The van der Waals surface area contributed by atoms with Gasteiger partial charge in [0.1, 0.15) is 17.6 Å². The van der Waals surface area contributed by atoms with E-state index in [1.54, 1.807) is 17.0 Å². The van der Waals surface area contributed by atoms with Gasteiger partial charge in [-0.25, -0.2) is 31.0 Å². The highest BCUT2D eigenvalue weighted by Gasteiger charge is 2.44. The minimum Gasteiger partial charge on any atom is -0.390 e. The van der Waals surface area contributed by atoms with Crippen molar-refractivity contribution in [1.29, 1.82) is 0 Å². The molecule has 2 aromatic rings. The Morgan fingerprint density at radius 1 is 1.02 bits per heavy atom. The highest BCUT2D eigenvalue weighted by Crippen LogP contribution is 2.45. The van der Waals surface area contributed by atoms with Gasteiger partial charge in [-0.1, -0.05) is 11.6 Å². The van der Waals surface area contributed by atoms with Gasteiger partial charge < -0.3 is 26.0 Å². The first-order chi connectivity index (χ1) is 21.2. The third-order valence-electron chi connectivity index (χ3n) is 8.79. The van der Waals surface area contributed by atoms with E-state index in [0.717, 1.165) is 6.07 Å². The summed E-state index contributed by atoms with van der Waals surface area (Å²) in [5.74, 6) is -7.43. The van der Waals surface area contributed by atoms with E-state index in [2.05, 4.69) is 10.3 Å². The summed E-state index contributed by atoms with van der Waals surface area (Å²) in [6.45, 7) is -1.04. The number of rotatable bonds is 10. The molecular weight excluding hydrogens is 640 g/mol. The molecule has 0 bridgehead atoms.